The third-order valence-corrected chi connectivity index (χ3v) is 5.48. The van der Waals surface area contributed by atoms with Gasteiger partial charge < -0.3 is 10.4 Å². The largest absolute Gasteiger partial charge is 0.389 e. The molecular formula is C15H27NO. The predicted molar refractivity (Wildman–Crippen MR) is 69.8 cm³/mol. The number of rotatable bonds is 3. The standard InChI is InChI=1S/C15H27NO/c1-11-5-7-15(17,8-6-11)10-16-14-4-2-3-12-9-13(12)14/h11-14,16-17H,2-10H2,1H3. The molecule has 0 spiro atoms. The predicted octanol–water partition coefficient (Wildman–Crippen LogP) is 2.71. The summed E-state index contributed by atoms with van der Waals surface area (Å²) in [7, 11) is 0. The van der Waals surface area contributed by atoms with E-state index in [-0.39, 0.29) is 0 Å². The number of fused-ring (bicyclic) bond motifs is 1. The molecule has 0 aromatic rings. The van der Waals surface area contributed by atoms with Crippen molar-refractivity contribution in [2.24, 2.45) is 17.8 Å². The van der Waals surface area contributed by atoms with Gasteiger partial charge in [0.15, 0.2) is 0 Å². The summed E-state index contributed by atoms with van der Waals surface area (Å²) in [6, 6.07) is 0.720. The van der Waals surface area contributed by atoms with Crippen LogP contribution >= 0.6 is 0 Å². The first-order valence-corrected chi connectivity index (χ1v) is 7.62. The molecule has 3 fully saturated rings. The Morgan fingerprint density at radius 2 is 1.94 bits per heavy atom. The SMILES string of the molecule is CC1CCC(O)(CNC2CCCC3CC32)CC1. The lowest BCUT2D eigenvalue weighted by atomic mass is 9.79. The molecule has 2 heteroatoms. The van der Waals surface area contributed by atoms with E-state index in [4.69, 9.17) is 0 Å². The van der Waals surface area contributed by atoms with Gasteiger partial charge in [-0.1, -0.05) is 19.8 Å². The minimum absolute atomic E-state index is 0.395. The molecule has 3 saturated carbocycles. The maximum atomic E-state index is 10.6. The van der Waals surface area contributed by atoms with Crippen LogP contribution in [0, 0.1) is 17.8 Å². The van der Waals surface area contributed by atoms with Crippen molar-refractivity contribution in [3.8, 4) is 0 Å². The summed E-state index contributed by atoms with van der Waals surface area (Å²) >= 11 is 0. The van der Waals surface area contributed by atoms with Crippen molar-refractivity contribution in [2.45, 2.75) is 69.9 Å². The van der Waals surface area contributed by atoms with Gasteiger partial charge in [0, 0.05) is 12.6 Å². The zero-order valence-electron chi connectivity index (χ0n) is 11.1. The van der Waals surface area contributed by atoms with E-state index < -0.39 is 5.60 Å². The molecule has 2 N–H and O–H groups in total. The number of nitrogens with one attached hydrogen (secondary N) is 1. The average Bonchev–Trinajstić information content (AvgIpc) is 3.10. The second-order valence-electron chi connectivity index (χ2n) is 6.98. The van der Waals surface area contributed by atoms with Crippen molar-refractivity contribution in [1.82, 2.24) is 5.32 Å². The molecule has 0 aromatic heterocycles. The van der Waals surface area contributed by atoms with Gasteiger partial charge in [-0.15, -0.1) is 0 Å². The molecule has 0 amide bonds. The Morgan fingerprint density at radius 1 is 1.18 bits per heavy atom. The Bertz CT molecular complexity index is 270. The summed E-state index contributed by atoms with van der Waals surface area (Å²) < 4.78 is 0. The molecule has 0 aliphatic heterocycles. The quantitative estimate of drug-likeness (QED) is 0.791. The Morgan fingerprint density at radius 3 is 2.71 bits per heavy atom. The lowest BCUT2D eigenvalue weighted by Gasteiger charge is -2.37. The van der Waals surface area contributed by atoms with E-state index in [2.05, 4.69) is 12.2 Å². The van der Waals surface area contributed by atoms with Crippen LogP contribution in [0.15, 0.2) is 0 Å². The smallest absolute Gasteiger partial charge is 0.0771 e. The topological polar surface area (TPSA) is 32.3 Å². The van der Waals surface area contributed by atoms with Crippen LogP contribution in [-0.2, 0) is 0 Å². The zero-order chi connectivity index (χ0) is 11.9. The van der Waals surface area contributed by atoms with E-state index in [1.54, 1.807) is 0 Å². The van der Waals surface area contributed by atoms with Crippen molar-refractivity contribution in [3.05, 3.63) is 0 Å². The normalized spacial score (nSPS) is 49.8. The lowest BCUT2D eigenvalue weighted by Crippen LogP contribution is -2.47. The fraction of sp³-hybridized carbons (Fsp3) is 1.00. The van der Waals surface area contributed by atoms with Crippen LogP contribution in [0.2, 0.25) is 0 Å². The fourth-order valence-corrected chi connectivity index (χ4v) is 3.96. The number of hydrogen-bond acceptors (Lipinski definition) is 2. The van der Waals surface area contributed by atoms with Gasteiger partial charge in [-0.3, -0.25) is 0 Å². The number of hydrogen-bond donors (Lipinski definition) is 2. The molecule has 3 aliphatic rings. The first kappa shape index (κ1) is 12.0. The highest BCUT2D eigenvalue weighted by atomic mass is 16.3. The Kier molecular flexibility index (Phi) is 3.20. The highest BCUT2D eigenvalue weighted by Gasteiger charge is 2.45. The minimum atomic E-state index is -0.395. The highest BCUT2D eigenvalue weighted by molar-refractivity contribution is 4.99. The minimum Gasteiger partial charge on any atom is -0.389 e. The van der Waals surface area contributed by atoms with Crippen LogP contribution in [0.5, 0.6) is 0 Å². The van der Waals surface area contributed by atoms with Gasteiger partial charge in [-0.2, -0.15) is 0 Å². The first-order valence-electron chi connectivity index (χ1n) is 7.62. The third-order valence-electron chi connectivity index (χ3n) is 5.48. The van der Waals surface area contributed by atoms with Crippen LogP contribution < -0.4 is 5.32 Å². The molecule has 3 unspecified atom stereocenters. The van der Waals surface area contributed by atoms with Crippen molar-refractivity contribution >= 4 is 0 Å². The molecule has 0 heterocycles. The maximum Gasteiger partial charge on any atom is 0.0771 e. The Hall–Kier alpha value is -0.0800. The van der Waals surface area contributed by atoms with E-state index in [9.17, 15) is 5.11 Å². The van der Waals surface area contributed by atoms with Gasteiger partial charge in [-0.25, -0.2) is 0 Å². The molecule has 2 nitrogen and oxygen atoms in total. The molecule has 0 radical (unpaired) electrons. The summed E-state index contributed by atoms with van der Waals surface area (Å²) in [5.74, 6) is 2.80. The van der Waals surface area contributed by atoms with E-state index in [0.717, 1.165) is 43.2 Å². The molecule has 3 aliphatic carbocycles. The Labute approximate surface area is 105 Å². The fourth-order valence-electron chi connectivity index (χ4n) is 3.96. The summed E-state index contributed by atoms with van der Waals surface area (Å²) in [4.78, 5) is 0. The molecule has 17 heavy (non-hydrogen) atoms. The van der Waals surface area contributed by atoms with E-state index >= 15 is 0 Å². The monoisotopic (exact) mass is 237 g/mol. The van der Waals surface area contributed by atoms with Crippen LogP contribution in [0.25, 0.3) is 0 Å². The molecule has 0 aromatic carbocycles. The number of aliphatic hydroxyl groups is 1. The summed E-state index contributed by atoms with van der Waals surface area (Å²) in [5.41, 5.74) is -0.395. The van der Waals surface area contributed by atoms with Crippen LogP contribution in [-0.4, -0.2) is 23.3 Å². The summed E-state index contributed by atoms with van der Waals surface area (Å²) in [5, 5.41) is 14.2. The molecule has 3 rings (SSSR count). The first-order chi connectivity index (χ1) is 8.16. The average molecular weight is 237 g/mol. The third kappa shape index (κ3) is 2.68. The van der Waals surface area contributed by atoms with Gasteiger partial charge in [0.05, 0.1) is 5.60 Å². The summed E-state index contributed by atoms with van der Waals surface area (Å²) in [6.45, 7) is 3.15. The second kappa shape index (κ2) is 4.55. The van der Waals surface area contributed by atoms with E-state index in [1.807, 2.05) is 0 Å². The van der Waals surface area contributed by atoms with Crippen molar-refractivity contribution in [3.63, 3.8) is 0 Å². The van der Waals surface area contributed by atoms with Crippen LogP contribution in [0.4, 0.5) is 0 Å². The molecule has 98 valence electrons. The highest BCUT2D eigenvalue weighted by Crippen LogP contribution is 2.49. The van der Waals surface area contributed by atoms with Crippen LogP contribution in [0.3, 0.4) is 0 Å². The van der Waals surface area contributed by atoms with Crippen molar-refractivity contribution in [1.29, 1.82) is 0 Å². The van der Waals surface area contributed by atoms with Crippen molar-refractivity contribution < 1.29 is 5.11 Å². The van der Waals surface area contributed by atoms with Crippen molar-refractivity contribution in [2.75, 3.05) is 6.54 Å². The van der Waals surface area contributed by atoms with Gasteiger partial charge in [0.2, 0.25) is 0 Å². The van der Waals surface area contributed by atoms with Gasteiger partial charge in [0.1, 0.15) is 0 Å². The van der Waals surface area contributed by atoms with Gasteiger partial charge in [0.25, 0.3) is 0 Å². The van der Waals surface area contributed by atoms with Gasteiger partial charge >= 0.3 is 0 Å². The summed E-state index contributed by atoms with van der Waals surface area (Å²) in [6.07, 6.45) is 10.1. The van der Waals surface area contributed by atoms with E-state index in [0.29, 0.717) is 0 Å². The Balaban J connectivity index is 1.47. The molecule has 0 saturated heterocycles. The van der Waals surface area contributed by atoms with E-state index in [1.165, 1.54) is 38.5 Å². The molecule has 0 bridgehead atoms. The lowest BCUT2D eigenvalue weighted by molar-refractivity contribution is -0.00940. The zero-order valence-corrected chi connectivity index (χ0v) is 11.1. The molecular weight excluding hydrogens is 210 g/mol. The van der Waals surface area contributed by atoms with Gasteiger partial charge in [-0.05, 0) is 56.3 Å². The molecule has 3 atom stereocenters. The second-order valence-corrected chi connectivity index (χ2v) is 6.98. The maximum absolute atomic E-state index is 10.6. The van der Waals surface area contributed by atoms with Crippen LogP contribution in [0.1, 0.15) is 58.3 Å².